The summed E-state index contributed by atoms with van der Waals surface area (Å²) in [5, 5.41) is 7.17. The van der Waals surface area contributed by atoms with Crippen LogP contribution in [0.5, 0.6) is 0 Å². The maximum absolute atomic E-state index is 12.2. The number of aryl methyl sites for hydroxylation is 1. The first kappa shape index (κ1) is 17.2. The van der Waals surface area contributed by atoms with Crippen molar-refractivity contribution in [2.75, 3.05) is 0 Å². The fourth-order valence-corrected chi connectivity index (χ4v) is 3.05. The van der Waals surface area contributed by atoms with Crippen molar-refractivity contribution in [2.45, 2.75) is 51.7 Å². The van der Waals surface area contributed by atoms with Gasteiger partial charge < -0.3 is 10.1 Å². The smallest absolute Gasteiger partial charge is 0.338 e. The van der Waals surface area contributed by atoms with E-state index in [2.05, 4.69) is 10.4 Å². The molecule has 0 saturated heterocycles. The minimum Gasteiger partial charge on any atom is -0.449 e. The summed E-state index contributed by atoms with van der Waals surface area (Å²) in [6.45, 7) is 3.56. The van der Waals surface area contributed by atoms with Gasteiger partial charge in [-0.15, -0.1) is 0 Å². The third kappa shape index (κ3) is 4.07. The molecule has 1 fully saturated rings. The SMILES string of the molecule is Cc1ccnn1-c1ccc(C(=O)O[C@@H](C)C(=O)NC2CCCC2)cc1. The van der Waals surface area contributed by atoms with E-state index in [1.165, 1.54) is 0 Å². The van der Waals surface area contributed by atoms with Gasteiger partial charge in [-0.25, -0.2) is 9.48 Å². The van der Waals surface area contributed by atoms with Crippen LogP contribution in [0.3, 0.4) is 0 Å². The summed E-state index contributed by atoms with van der Waals surface area (Å²) in [5.41, 5.74) is 2.28. The zero-order valence-electron chi connectivity index (χ0n) is 14.6. The van der Waals surface area contributed by atoms with Crippen molar-refractivity contribution < 1.29 is 14.3 Å². The highest BCUT2D eigenvalue weighted by Crippen LogP contribution is 2.18. The summed E-state index contributed by atoms with van der Waals surface area (Å²) in [6.07, 6.45) is 5.20. The Morgan fingerprint density at radius 2 is 1.88 bits per heavy atom. The zero-order valence-corrected chi connectivity index (χ0v) is 14.6. The number of esters is 1. The Kier molecular flexibility index (Phi) is 5.16. The van der Waals surface area contributed by atoms with E-state index >= 15 is 0 Å². The predicted octanol–water partition coefficient (Wildman–Crippen LogP) is 2.78. The molecule has 0 radical (unpaired) electrons. The predicted molar refractivity (Wildman–Crippen MR) is 93.6 cm³/mol. The molecule has 0 unspecified atom stereocenters. The molecule has 0 spiro atoms. The van der Waals surface area contributed by atoms with Crippen molar-refractivity contribution in [1.82, 2.24) is 15.1 Å². The van der Waals surface area contributed by atoms with Crippen LogP contribution < -0.4 is 5.32 Å². The van der Waals surface area contributed by atoms with Gasteiger partial charge in [0.25, 0.3) is 5.91 Å². The van der Waals surface area contributed by atoms with E-state index < -0.39 is 12.1 Å². The highest BCUT2D eigenvalue weighted by molar-refractivity contribution is 5.92. The Labute approximate surface area is 147 Å². The second kappa shape index (κ2) is 7.51. The van der Waals surface area contributed by atoms with Gasteiger partial charge in [0, 0.05) is 17.9 Å². The first-order chi connectivity index (χ1) is 12.0. The third-order valence-corrected chi connectivity index (χ3v) is 4.53. The quantitative estimate of drug-likeness (QED) is 0.849. The lowest BCUT2D eigenvalue weighted by Crippen LogP contribution is -2.40. The lowest BCUT2D eigenvalue weighted by Gasteiger charge is -2.17. The molecular weight excluding hydrogens is 318 g/mol. The number of nitrogens with zero attached hydrogens (tertiary/aromatic N) is 2. The van der Waals surface area contributed by atoms with Crippen LogP contribution in [0.2, 0.25) is 0 Å². The molecule has 1 heterocycles. The first-order valence-corrected chi connectivity index (χ1v) is 8.67. The molecule has 0 bridgehead atoms. The zero-order chi connectivity index (χ0) is 17.8. The standard InChI is InChI=1S/C19H23N3O3/c1-13-11-12-20-22(13)17-9-7-15(8-10-17)19(24)25-14(2)18(23)21-16-5-3-4-6-16/h7-12,14,16H,3-6H2,1-2H3,(H,21,23)/t14-/m0/s1. The summed E-state index contributed by atoms with van der Waals surface area (Å²) < 4.78 is 7.07. The molecule has 1 saturated carbocycles. The Hall–Kier alpha value is -2.63. The van der Waals surface area contributed by atoms with Crippen molar-refractivity contribution in [3.8, 4) is 5.69 Å². The minimum absolute atomic E-state index is 0.213. The van der Waals surface area contributed by atoms with Crippen LogP contribution in [-0.4, -0.2) is 33.8 Å². The number of carbonyl (C=O) groups excluding carboxylic acids is 2. The second-order valence-corrected chi connectivity index (χ2v) is 6.47. The molecule has 2 aromatic rings. The number of ether oxygens (including phenoxy) is 1. The molecule has 1 aromatic carbocycles. The second-order valence-electron chi connectivity index (χ2n) is 6.47. The minimum atomic E-state index is -0.805. The summed E-state index contributed by atoms with van der Waals surface area (Å²) in [4.78, 5) is 24.3. The van der Waals surface area contributed by atoms with Crippen LogP contribution in [0.4, 0.5) is 0 Å². The Balaban J connectivity index is 1.59. The maximum atomic E-state index is 12.2. The molecule has 1 amide bonds. The number of benzene rings is 1. The largest absolute Gasteiger partial charge is 0.449 e. The summed E-state index contributed by atoms with van der Waals surface area (Å²) in [6, 6.07) is 9.10. The van der Waals surface area contributed by atoms with Crippen LogP contribution in [0, 0.1) is 6.92 Å². The number of aromatic nitrogens is 2. The molecular formula is C19H23N3O3. The average molecular weight is 341 g/mol. The summed E-state index contributed by atoms with van der Waals surface area (Å²) >= 11 is 0. The molecule has 132 valence electrons. The van der Waals surface area contributed by atoms with Gasteiger partial charge in [-0.3, -0.25) is 4.79 Å². The van der Waals surface area contributed by atoms with Crippen LogP contribution in [0.25, 0.3) is 5.69 Å². The van der Waals surface area contributed by atoms with Crippen molar-refractivity contribution in [1.29, 1.82) is 0 Å². The maximum Gasteiger partial charge on any atom is 0.338 e. The van der Waals surface area contributed by atoms with E-state index in [1.807, 2.05) is 13.0 Å². The molecule has 1 aliphatic rings. The molecule has 3 rings (SSSR count). The average Bonchev–Trinajstić information content (AvgIpc) is 3.26. The Morgan fingerprint density at radius 1 is 1.20 bits per heavy atom. The van der Waals surface area contributed by atoms with E-state index in [-0.39, 0.29) is 11.9 Å². The van der Waals surface area contributed by atoms with Gasteiger partial charge in [0.05, 0.1) is 11.3 Å². The van der Waals surface area contributed by atoms with Gasteiger partial charge >= 0.3 is 5.97 Å². The van der Waals surface area contributed by atoms with Crippen LogP contribution in [0.1, 0.15) is 48.7 Å². The molecule has 25 heavy (non-hydrogen) atoms. The first-order valence-electron chi connectivity index (χ1n) is 8.67. The Morgan fingerprint density at radius 3 is 2.48 bits per heavy atom. The van der Waals surface area contributed by atoms with Gasteiger partial charge in [-0.2, -0.15) is 5.10 Å². The Bertz CT molecular complexity index is 746. The summed E-state index contributed by atoms with van der Waals surface area (Å²) in [5.74, 6) is -0.734. The molecule has 0 aliphatic heterocycles. The van der Waals surface area contributed by atoms with E-state index in [0.29, 0.717) is 5.56 Å². The van der Waals surface area contributed by atoms with Crippen molar-refractivity contribution in [3.63, 3.8) is 0 Å². The fourth-order valence-electron chi connectivity index (χ4n) is 3.05. The van der Waals surface area contributed by atoms with Crippen molar-refractivity contribution in [2.24, 2.45) is 0 Å². The molecule has 6 nitrogen and oxygen atoms in total. The van der Waals surface area contributed by atoms with Gasteiger partial charge in [-0.05, 0) is 57.0 Å². The third-order valence-electron chi connectivity index (χ3n) is 4.53. The molecule has 1 aromatic heterocycles. The molecule has 1 N–H and O–H groups in total. The van der Waals surface area contributed by atoms with Gasteiger partial charge in [0.2, 0.25) is 0 Å². The highest BCUT2D eigenvalue weighted by Gasteiger charge is 2.23. The number of hydrogen-bond donors (Lipinski definition) is 1. The van der Waals surface area contributed by atoms with E-state index in [1.54, 1.807) is 42.1 Å². The number of rotatable bonds is 5. The lowest BCUT2D eigenvalue weighted by molar-refractivity contribution is -0.129. The number of nitrogens with one attached hydrogen (secondary N) is 1. The lowest BCUT2D eigenvalue weighted by atomic mass is 10.2. The highest BCUT2D eigenvalue weighted by atomic mass is 16.5. The van der Waals surface area contributed by atoms with E-state index in [9.17, 15) is 9.59 Å². The number of carbonyl (C=O) groups is 2. The van der Waals surface area contributed by atoms with E-state index in [4.69, 9.17) is 4.74 Å². The van der Waals surface area contributed by atoms with Crippen LogP contribution >= 0.6 is 0 Å². The normalized spacial score (nSPS) is 15.8. The van der Waals surface area contributed by atoms with Crippen LogP contribution in [0.15, 0.2) is 36.5 Å². The monoisotopic (exact) mass is 341 g/mol. The topological polar surface area (TPSA) is 73.2 Å². The molecule has 1 atom stereocenters. The van der Waals surface area contributed by atoms with Gasteiger partial charge in [0.1, 0.15) is 0 Å². The van der Waals surface area contributed by atoms with Crippen molar-refractivity contribution in [3.05, 3.63) is 47.8 Å². The van der Waals surface area contributed by atoms with E-state index in [0.717, 1.165) is 37.1 Å². The number of hydrogen-bond acceptors (Lipinski definition) is 4. The molecule has 6 heteroatoms. The van der Waals surface area contributed by atoms with Crippen LogP contribution in [-0.2, 0) is 9.53 Å². The number of amides is 1. The van der Waals surface area contributed by atoms with Crippen molar-refractivity contribution >= 4 is 11.9 Å². The summed E-state index contributed by atoms with van der Waals surface area (Å²) in [7, 11) is 0. The fraction of sp³-hybridized carbons (Fsp3) is 0.421. The van der Waals surface area contributed by atoms with Gasteiger partial charge in [-0.1, -0.05) is 12.8 Å². The van der Waals surface area contributed by atoms with Gasteiger partial charge in [0.15, 0.2) is 6.10 Å². The molecule has 1 aliphatic carbocycles.